The van der Waals surface area contributed by atoms with Crippen LogP contribution < -0.4 is 0 Å². The first-order valence-electron chi connectivity index (χ1n) is 2.39. The molecule has 0 saturated carbocycles. The SMILES string of the molecule is C=C(C)CC(=C)C#N. The lowest BCUT2D eigenvalue weighted by atomic mass is 10.1. The second-order valence-corrected chi connectivity index (χ2v) is 1.85. The second kappa shape index (κ2) is 3.04. The Labute approximate surface area is 49.9 Å². The first kappa shape index (κ1) is 6.97. The molecule has 0 aromatic rings. The number of rotatable bonds is 2. The van der Waals surface area contributed by atoms with Crippen LogP contribution in [0.5, 0.6) is 0 Å². The normalized spacial score (nSPS) is 7.50. The molecule has 0 aromatic heterocycles. The molecule has 1 nitrogen and oxygen atoms in total. The van der Waals surface area contributed by atoms with E-state index in [0.717, 1.165) is 5.57 Å². The average Bonchev–Trinajstić information content (AvgIpc) is 1.65. The number of hydrogen-bond acceptors (Lipinski definition) is 1. The maximum absolute atomic E-state index is 8.19. The molecule has 0 bridgehead atoms. The minimum absolute atomic E-state index is 0.581. The van der Waals surface area contributed by atoms with Gasteiger partial charge in [0.2, 0.25) is 0 Å². The molecule has 0 rings (SSSR count). The summed E-state index contributed by atoms with van der Waals surface area (Å²) in [5.74, 6) is 0. The molecule has 0 heterocycles. The van der Waals surface area contributed by atoms with Gasteiger partial charge in [0.05, 0.1) is 6.07 Å². The molecule has 0 spiro atoms. The molecule has 42 valence electrons. The summed E-state index contributed by atoms with van der Waals surface area (Å²) in [5, 5.41) is 8.19. The highest BCUT2D eigenvalue weighted by atomic mass is 14.2. The highest BCUT2D eigenvalue weighted by Gasteiger charge is 1.88. The summed E-state index contributed by atoms with van der Waals surface area (Å²) in [7, 11) is 0. The van der Waals surface area contributed by atoms with Crippen LogP contribution in [0.3, 0.4) is 0 Å². The molecule has 0 amide bonds. The Morgan fingerprint density at radius 1 is 1.62 bits per heavy atom. The van der Waals surface area contributed by atoms with Gasteiger partial charge in [0, 0.05) is 12.0 Å². The molecule has 0 radical (unpaired) electrons. The minimum Gasteiger partial charge on any atom is -0.193 e. The zero-order valence-electron chi connectivity index (χ0n) is 5.07. The molecule has 0 aliphatic carbocycles. The van der Waals surface area contributed by atoms with Gasteiger partial charge in [0.1, 0.15) is 0 Å². The smallest absolute Gasteiger partial charge is 0.0944 e. The van der Waals surface area contributed by atoms with Crippen molar-refractivity contribution in [2.75, 3.05) is 0 Å². The number of hydrogen-bond donors (Lipinski definition) is 0. The number of nitriles is 1. The van der Waals surface area contributed by atoms with Crippen LogP contribution in [0.2, 0.25) is 0 Å². The highest BCUT2D eigenvalue weighted by Crippen LogP contribution is 2.03. The fraction of sp³-hybridized carbons (Fsp3) is 0.286. The topological polar surface area (TPSA) is 23.8 Å². The van der Waals surface area contributed by atoms with Crippen LogP contribution in [-0.4, -0.2) is 0 Å². The van der Waals surface area contributed by atoms with E-state index in [1.54, 1.807) is 0 Å². The summed E-state index contributed by atoms with van der Waals surface area (Å²) >= 11 is 0. The number of allylic oxidation sites excluding steroid dienone is 2. The van der Waals surface area contributed by atoms with E-state index in [1.807, 2.05) is 13.0 Å². The third-order valence-electron chi connectivity index (χ3n) is 0.673. The van der Waals surface area contributed by atoms with Gasteiger partial charge in [-0.1, -0.05) is 18.7 Å². The van der Waals surface area contributed by atoms with Crippen LogP contribution in [0, 0.1) is 11.3 Å². The maximum atomic E-state index is 8.19. The molecule has 0 atom stereocenters. The van der Waals surface area contributed by atoms with Crippen LogP contribution in [0.1, 0.15) is 13.3 Å². The zero-order chi connectivity index (χ0) is 6.57. The van der Waals surface area contributed by atoms with Crippen molar-refractivity contribution >= 4 is 0 Å². The fourth-order valence-electron chi connectivity index (χ4n) is 0.404. The van der Waals surface area contributed by atoms with Crippen molar-refractivity contribution in [3.05, 3.63) is 24.3 Å². The summed E-state index contributed by atoms with van der Waals surface area (Å²) in [6.45, 7) is 9.00. The lowest BCUT2D eigenvalue weighted by Crippen LogP contribution is -1.75. The van der Waals surface area contributed by atoms with Gasteiger partial charge in [-0.2, -0.15) is 5.26 Å². The van der Waals surface area contributed by atoms with Crippen molar-refractivity contribution in [1.82, 2.24) is 0 Å². The van der Waals surface area contributed by atoms with Gasteiger partial charge < -0.3 is 0 Å². The molecular formula is C7H9N. The minimum atomic E-state index is 0.581. The molecule has 0 aliphatic heterocycles. The quantitative estimate of drug-likeness (QED) is 0.391. The standard InChI is InChI=1S/C7H9N/c1-6(2)4-7(3)5-8/h1,3-4H2,2H3. The van der Waals surface area contributed by atoms with E-state index in [0.29, 0.717) is 12.0 Å². The van der Waals surface area contributed by atoms with Gasteiger partial charge >= 0.3 is 0 Å². The predicted octanol–water partition coefficient (Wildman–Crippen LogP) is 2.03. The molecule has 0 fully saturated rings. The first-order valence-corrected chi connectivity index (χ1v) is 2.39. The Kier molecular flexibility index (Phi) is 2.64. The molecule has 0 N–H and O–H groups in total. The lowest BCUT2D eigenvalue weighted by molar-refractivity contribution is 1.17. The van der Waals surface area contributed by atoms with Gasteiger partial charge in [-0.3, -0.25) is 0 Å². The monoisotopic (exact) mass is 107 g/mol. The summed E-state index contributed by atoms with van der Waals surface area (Å²) in [6.07, 6.45) is 0.635. The van der Waals surface area contributed by atoms with Gasteiger partial charge in [0.25, 0.3) is 0 Å². The van der Waals surface area contributed by atoms with Crippen LogP contribution in [0.4, 0.5) is 0 Å². The third-order valence-corrected chi connectivity index (χ3v) is 0.673. The van der Waals surface area contributed by atoms with Crippen molar-refractivity contribution in [2.45, 2.75) is 13.3 Å². The van der Waals surface area contributed by atoms with Gasteiger partial charge in [-0.15, -0.1) is 0 Å². The molecule has 0 aliphatic rings. The van der Waals surface area contributed by atoms with Crippen LogP contribution in [0.25, 0.3) is 0 Å². The Balaban J connectivity index is 3.61. The Morgan fingerprint density at radius 2 is 2.12 bits per heavy atom. The summed E-state index contributed by atoms with van der Waals surface area (Å²) in [5.41, 5.74) is 1.56. The van der Waals surface area contributed by atoms with Crippen LogP contribution in [0.15, 0.2) is 24.3 Å². The van der Waals surface area contributed by atoms with E-state index >= 15 is 0 Å². The predicted molar refractivity (Wildman–Crippen MR) is 34.2 cm³/mol. The second-order valence-electron chi connectivity index (χ2n) is 1.85. The van der Waals surface area contributed by atoms with Gasteiger partial charge in [0.15, 0.2) is 0 Å². The Morgan fingerprint density at radius 3 is 2.25 bits per heavy atom. The van der Waals surface area contributed by atoms with E-state index < -0.39 is 0 Å². The van der Waals surface area contributed by atoms with Gasteiger partial charge in [-0.25, -0.2) is 0 Å². The molecule has 0 aromatic carbocycles. The Hall–Kier alpha value is -1.03. The summed E-state index contributed by atoms with van der Waals surface area (Å²) in [4.78, 5) is 0. The largest absolute Gasteiger partial charge is 0.193 e. The first-order chi connectivity index (χ1) is 3.66. The van der Waals surface area contributed by atoms with E-state index in [-0.39, 0.29) is 0 Å². The van der Waals surface area contributed by atoms with E-state index in [9.17, 15) is 0 Å². The Bertz CT molecular complexity index is 148. The van der Waals surface area contributed by atoms with Crippen molar-refractivity contribution in [2.24, 2.45) is 0 Å². The molecule has 1 heteroatoms. The van der Waals surface area contributed by atoms with E-state index in [2.05, 4.69) is 13.2 Å². The average molecular weight is 107 g/mol. The third kappa shape index (κ3) is 3.17. The number of nitrogens with zero attached hydrogens (tertiary/aromatic N) is 1. The molecule has 8 heavy (non-hydrogen) atoms. The van der Waals surface area contributed by atoms with Crippen molar-refractivity contribution in [3.8, 4) is 6.07 Å². The fourth-order valence-corrected chi connectivity index (χ4v) is 0.404. The van der Waals surface area contributed by atoms with Crippen molar-refractivity contribution in [1.29, 1.82) is 5.26 Å². The van der Waals surface area contributed by atoms with Crippen molar-refractivity contribution < 1.29 is 0 Å². The maximum Gasteiger partial charge on any atom is 0.0944 e. The van der Waals surface area contributed by atoms with E-state index in [4.69, 9.17) is 5.26 Å². The summed E-state index contributed by atoms with van der Waals surface area (Å²) < 4.78 is 0. The highest BCUT2D eigenvalue weighted by molar-refractivity contribution is 5.21. The van der Waals surface area contributed by atoms with Gasteiger partial charge in [-0.05, 0) is 6.92 Å². The molecule has 0 unspecified atom stereocenters. The molecular weight excluding hydrogens is 98.1 g/mol. The van der Waals surface area contributed by atoms with E-state index in [1.165, 1.54) is 0 Å². The van der Waals surface area contributed by atoms with Crippen LogP contribution in [-0.2, 0) is 0 Å². The summed E-state index contributed by atoms with van der Waals surface area (Å²) in [6, 6.07) is 1.94. The zero-order valence-corrected chi connectivity index (χ0v) is 5.07. The van der Waals surface area contributed by atoms with Crippen LogP contribution >= 0.6 is 0 Å². The lowest BCUT2D eigenvalue weighted by Gasteiger charge is -1.90. The molecule has 0 saturated heterocycles. The van der Waals surface area contributed by atoms with Crippen molar-refractivity contribution in [3.63, 3.8) is 0 Å².